The Labute approximate surface area is 156 Å². The molecule has 1 heteroatoms. The summed E-state index contributed by atoms with van der Waals surface area (Å²) >= 11 is 0. The van der Waals surface area contributed by atoms with E-state index in [-0.39, 0.29) is 26.2 Å². The zero-order valence-corrected chi connectivity index (χ0v) is 15.5. The van der Waals surface area contributed by atoms with Crippen LogP contribution in [0.3, 0.4) is 0 Å². The van der Waals surface area contributed by atoms with Crippen LogP contribution >= 0.6 is 0 Å². The molecular formula is C22H17Zr. The van der Waals surface area contributed by atoms with Crippen LogP contribution in [0, 0.1) is 5.92 Å². The largest absolute Gasteiger partial charge is 0.0715 e. The number of allylic oxidation sites excluding steroid dienone is 1. The summed E-state index contributed by atoms with van der Waals surface area (Å²) in [5.74, 6) is 2.49. The molecule has 2 aliphatic rings. The van der Waals surface area contributed by atoms with E-state index < -0.39 is 0 Å². The van der Waals surface area contributed by atoms with E-state index in [1.165, 1.54) is 38.9 Å². The average Bonchev–Trinajstić information content (AvgIpc) is 3.09. The van der Waals surface area contributed by atoms with Gasteiger partial charge in [-0.3, -0.25) is 0 Å². The van der Waals surface area contributed by atoms with Gasteiger partial charge in [0.1, 0.15) is 0 Å². The maximum atomic E-state index is 2.38. The van der Waals surface area contributed by atoms with Crippen LogP contribution in [0.15, 0.2) is 66.7 Å². The summed E-state index contributed by atoms with van der Waals surface area (Å²) in [6, 6.07) is 22.3. The minimum Gasteiger partial charge on any atom is -0.0715 e. The topological polar surface area (TPSA) is 0 Å². The molecule has 0 fully saturated rings. The molecule has 0 spiro atoms. The van der Waals surface area contributed by atoms with Gasteiger partial charge in [-0.2, -0.15) is 0 Å². The number of hydrogen-bond donors (Lipinski definition) is 0. The Hall–Kier alpha value is -1.46. The molecule has 0 heterocycles. The molecule has 1 radical (unpaired) electrons. The van der Waals surface area contributed by atoms with Gasteiger partial charge >= 0.3 is 0 Å². The molecule has 0 amide bonds. The average molecular weight is 373 g/mol. The Bertz CT molecular complexity index is 917. The zero-order chi connectivity index (χ0) is 14.7. The normalized spacial score (nSPS) is 21.4. The van der Waals surface area contributed by atoms with Gasteiger partial charge in [0.25, 0.3) is 0 Å². The maximum Gasteiger partial charge on any atom is 0.0354 e. The third-order valence-corrected chi connectivity index (χ3v) is 5.34. The van der Waals surface area contributed by atoms with Gasteiger partial charge in [-0.1, -0.05) is 79.7 Å². The van der Waals surface area contributed by atoms with E-state index in [2.05, 4.69) is 79.7 Å². The SMILES string of the molecule is CC1c2cccc3cccc(c23)C1[C]1C=Cc2ccccc21.[Zr]. The summed E-state index contributed by atoms with van der Waals surface area (Å²) in [4.78, 5) is 0. The zero-order valence-electron chi connectivity index (χ0n) is 13.1. The van der Waals surface area contributed by atoms with Crippen LogP contribution in [-0.2, 0) is 26.2 Å². The first-order valence-electron chi connectivity index (χ1n) is 8.00. The molecule has 23 heavy (non-hydrogen) atoms. The van der Waals surface area contributed by atoms with E-state index in [9.17, 15) is 0 Å². The Morgan fingerprint density at radius 1 is 0.739 bits per heavy atom. The van der Waals surface area contributed by atoms with Crippen molar-refractivity contribution in [3.63, 3.8) is 0 Å². The van der Waals surface area contributed by atoms with Crippen molar-refractivity contribution in [2.24, 2.45) is 0 Å². The fourth-order valence-corrected chi connectivity index (χ4v) is 4.37. The molecule has 0 saturated heterocycles. The van der Waals surface area contributed by atoms with Gasteiger partial charge < -0.3 is 0 Å². The van der Waals surface area contributed by atoms with Crippen LogP contribution in [-0.4, -0.2) is 0 Å². The second-order valence-corrected chi connectivity index (χ2v) is 6.43. The van der Waals surface area contributed by atoms with Crippen molar-refractivity contribution in [2.75, 3.05) is 0 Å². The van der Waals surface area contributed by atoms with Crippen LogP contribution in [0.4, 0.5) is 0 Å². The van der Waals surface area contributed by atoms with E-state index in [4.69, 9.17) is 0 Å². The molecule has 0 bridgehead atoms. The minimum absolute atomic E-state index is 0. The van der Waals surface area contributed by atoms with Gasteiger partial charge in [0.15, 0.2) is 0 Å². The quantitative estimate of drug-likeness (QED) is 0.515. The molecule has 0 N–H and O–H groups in total. The molecular weight excluding hydrogens is 355 g/mol. The molecule has 3 aromatic carbocycles. The van der Waals surface area contributed by atoms with E-state index in [0.29, 0.717) is 11.8 Å². The summed E-state index contributed by atoms with van der Waals surface area (Å²) < 4.78 is 0. The van der Waals surface area contributed by atoms with Crippen molar-refractivity contribution in [3.05, 3.63) is 94.9 Å². The molecule has 0 saturated carbocycles. The van der Waals surface area contributed by atoms with Gasteiger partial charge in [0, 0.05) is 38.0 Å². The Balaban J connectivity index is 0.00000135. The second-order valence-electron chi connectivity index (χ2n) is 6.43. The van der Waals surface area contributed by atoms with Crippen molar-refractivity contribution in [2.45, 2.75) is 18.8 Å². The van der Waals surface area contributed by atoms with Crippen molar-refractivity contribution in [1.29, 1.82) is 0 Å². The van der Waals surface area contributed by atoms with Crippen molar-refractivity contribution in [1.82, 2.24) is 0 Å². The summed E-state index contributed by atoms with van der Waals surface area (Å²) in [7, 11) is 0. The Morgan fingerprint density at radius 3 is 2.30 bits per heavy atom. The molecule has 5 rings (SSSR count). The van der Waals surface area contributed by atoms with Crippen LogP contribution in [0.25, 0.3) is 16.8 Å². The van der Waals surface area contributed by atoms with Crippen LogP contribution in [0.1, 0.15) is 41.0 Å². The Morgan fingerprint density at radius 2 is 1.48 bits per heavy atom. The third-order valence-electron chi connectivity index (χ3n) is 5.34. The summed E-state index contributed by atoms with van der Waals surface area (Å²) in [6.45, 7) is 2.38. The summed E-state index contributed by atoms with van der Waals surface area (Å²) in [5, 5.41) is 2.85. The molecule has 2 unspecified atom stereocenters. The maximum absolute atomic E-state index is 2.38. The minimum atomic E-state index is 0. The van der Waals surface area contributed by atoms with Crippen molar-refractivity contribution in [3.8, 4) is 0 Å². The van der Waals surface area contributed by atoms with Crippen LogP contribution in [0.2, 0.25) is 0 Å². The van der Waals surface area contributed by atoms with E-state index in [1.807, 2.05) is 0 Å². The molecule has 0 aliphatic heterocycles. The van der Waals surface area contributed by atoms with Crippen LogP contribution < -0.4 is 0 Å². The van der Waals surface area contributed by atoms with Crippen molar-refractivity contribution >= 4 is 16.8 Å². The summed E-state index contributed by atoms with van der Waals surface area (Å²) in [5.41, 5.74) is 5.76. The van der Waals surface area contributed by atoms with E-state index >= 15 is 0 Å². The molecule has 109 valence electrons. The number of fused-ring (bicyclic) bond motifs is 1. The molecule has 2 aliphatic carbocycles. The predicted molar refractivity (Wildman–Crippen MR) is 92.9 cm³/mol. The predicted octanol–water partition coefficient (Wildman–Crippen LogP) is 5.69. The first kappa shape index (κ1) is 15.1. The van der Waals surface area contributed by atoms with E-state index in [0.717, 1.165) is 0 Å². The van der Waals surface area contributed by atoms with E-state index in [1.54, 1.807) is 0 Å². The van der Waals surface area contributed by atoms with Crippen LogP contribution in [0.5, 0.6) is 0 Å². The fraction of sp³-hybridized carbons (Fsp3) is 0.136. The number of benzene rings is 3. The number of hydrogen-bond acceptors (Lipinski definition) is 0. The Kier molecular flexibility index (Phi) is 3.65. The molecule has 0 aromatic heterocycles. The van der Waals surface area contributed by atoms with Gasteiger partial charge in [0.2, 0.25) is 0 Å². The first-order valence-corrected chi connectivity index (χ1v) is 8.00. The van der Waals surface area contributed by atoms with Crippen molar-refractivity contribution < 1.29 is 26.2 Å². The van der Waals surface area contributed by atoms with Gasteiger partial charge in [-0.15, -0.1) is 0 Å². The smallest absolute Gasteiger partial charge is 0.0354 e. The molecule has 2 atom stereocenters. The van der Waals surface area contributed by atoms with Gasteiger partial charge in [0.05, 0.1) is 0 Å². The first-order chi connectivity index (χ1) is 10.8. The molecule has 0 nitrogen and oxygen atoms in total. The van der Waals surface area contributed by atoms with Gasteiger partial charge in [-0.05, 0) is 38.9 Å². The standard InChI is InChI=1S/C22H17.Zr/c1-14-17-10-4-7-16-8-5-11-20(22(16)17)21(14)19-13-12-15-6-2-3-9-18(15)19;/h2-14,21H,1H3;. The molecule has 3 aromatic rings. The second kappa shape index (κ2) is 5.57. The third kappa shape index (κ3) is 2.06. The monoisotopic (exact) mass is 371 g/mol. The fourth-order valence-electron chi connectivity index (χ4n) is 4.37. The van der Waals surface area contributed by atoms with Gasteiger partial charge in [-0.25, -0.2) is 0 Å². The number of rotatable bonds is 1. The summed E-state index contributed by atoms with van der Waals surface area (Å²) in [6.07, 6.45) is 4.59.